The number of hydrogen-bond donors (Lipinski definition) is 2. The molecule has 0 fully saturated rings. The lowest BCUT2D eigenvalue weighted by Gasteiger charge is -2.08. The van der Waals surface area contributed by atoms with Crippen molar-refractivity contribution in [3.05, 3.63) is 23.8 Å². The van der Waals surface area contributed by atoms with Gasteiger partial charge in [0.2, 0.25) is 0 Å². The molecule has 0 aliphatic rings. The van der Waals surface area contributed by atoms with Gasteiger partial charge < -0.3 is 14.9 Å². The number of carbonyl (C=O) groups is 2. The molecule has 5 nitrogen and oxygen atoms in total. The number of aliphatic carboxylic acids is 1. The second-order valence-corrected chi connectivity index (χ2v) is 3.17. The normalized spacial score (nSPS) is 9.81. The van der Waals surface area contributed by atoms with Crippen molar-refractivity contribution >= 4 is 11.8 Å². The van der Waals surface area contributed by atoms with Gasteiger partial charge in [0.05, 0.1) is 19.1 Å². The molecule has 0 radical (unpaired) electrons. The van der Waals surface area contributed by atoms with Crippen LogP contribution in [0.3, 0.4) is 0 Å². The highest BCUT2D eigenvalue weighted by Gasteiger charge is 2.15. The van der Waals surface area contributed by atoms with E-state index in [0.717, 1.165) is 0 Å². The van der Waals surface area contributed by atoms with Gasteiger partial charge in [0.25, 0.3) is 0 Å². The minimum absolute atomic E-state index is 0.0814. The van der Waals surface area contributed by atoms with Crippen LogP contribution in [0.5, 0.6) is 11.5 Å². The number of ether oxygens (including phenoxy) is 1. The first-order valence-corrected chi connectivity index (χ1v) is 4.67. The highest BCUT2D eigenvalue weighted by Crippen LogP contribution is 2.30. The van der Waals surface area contributed by atoms with E-state index in [4.69, 9.17) is 9.84 Å². The first-order chi connectivity index (χ1) is 7.56. The standard InChI is InChI=1S/C11H12O5/c1-16-11-7(3-2-4-9(11)13)8(12)5-6-10(14)15/h2-4,13H,5-6H2,1H3,(H,14,15). The summed E-state index contributed by atoms with van der Waals surface area (Å²) in [5.41, 5.74) is 0.198. The Kier molecular flexibility index (Phi) is 3.88. The minimum atomic E-state index is -1.03. The van der Waals surface area contributed by atoms with Gasteiger partial charge in [-0.2, -0.15) is 0 Å². The summed E-state index contributed by atoms with van der Waals surface area (Å²) < 4.78 is 4.89. The van der Waals surface area contributed by atoms with E-state index in [1.807, 2.05) is 0 Å². The van der Waals surface area contributed by atoms with Crippen LogP contribution >= 0.6 is 0 Å². The maximum Gasteiger partial charge on any atom is 0.303 e. The molecule has 0 aliphatic carbocycles. The van der Waals surface area contributed by atoms with Crippen LogP contribution in [-0.4, -0.2) is 29.1 Å². The molecule has 1 rings (SSSR count). The second-order valence-electron chi connectivity index (χ2n) is 3.17. The van der Waals surface area contributed by atoms with E-state index in [-0.39, 0.29) is 35.7 Å². The topological polar surface area (TPSA) is 83.8 Å². The molecule has 0 spiro atoms. The van der Waals surface area contributed by atoms with E-state index in [2.05, 4.69) is 0 Å². The van der Waals surface area contributed by atoms with Gasteiger partial charge in [-0.05, 0) is 12.1 Å². The fourth-order valence-electron chi connectivity index (χ4n) is 1.31. The van der Waals surface area contributed by atoms with Crippen LogP contribution in [0.15, 0.2) is 18.2 Å². The number of carboxylic acid groups (broad SMARTS) is 1. The van der Waals surface area contributed by atoms with Crippen LogP contribution in [0.25, 0.3) is 0 Å². The van der Waals surface area contributed by atoms with Gasteiger partial charge in [-0.25, -0.2) is 0 Å². The lowest BCUT2D eigenvalue weighted by molar-refractivity contribution is -0.136. The zero-order valence-corrected chi connectivity index (χ0v) is 8.77. The number of Topliss-reactive ketones (excluding diaryl/α,β-unsaturated/α-hetero) is 1. The lowest BCUT2D eigenvalue weighted by Crippen LogP contribution is -2.05. The summed E-state index contributed by atoms with van der Waals surface area (Å²) in [6.07, 6.45) is -0.354. The maximum atomic E-state index is 11.6. The van der Waals surface area contributed by atoms with Crippen LogP contribution < -0.4 is 4.74 Å². The molecular weight excluding hydrogens is 212 g/mol. The minimum Gasteiger partial charge on any atom is -0.504 e. The monoisotopic (exact) mass is 224 g/mol. The summed E-state index contributed by atoms with van der Waals surface area (Å²) in [5.74, 6) is -1.45. The number of hydrogen-bond acceptors (Lipinski definition) is 4. The van der Waals surface area contributed by atoms with E-state index >= 15 is 0 Å². The van der Waals surface area contributed by atoms with Gasteiger partial charge in [-0.15, -0.1) is 0 Å². The van der Waals surface area contributed by atoms with Crippen molar-refractivity contribution < 1.29 is 24.5 Å². The Balaban J connectivity index is 2.90. The highest BCUT2D eigenvalue weighted by molar-refractivity contribution is 6.00. The van der Waals surface area contributed by atoms with Crippen molar-refractivity contribution in [2.24, 2.45) is 0 Å². The molecule has 5 heteroatoms. The molecule has 0 heterocycles. The molecule has 0 aliphatic heterocycles. The van der Waals surface area contributed by atoms with Crippen molar-refractivity contribution in [1.82, 2.24) is 0 Å². The number of methoxy groups -OCH3 is 1. The van der Waals surface area contributed by atoms with Gasteiger partial charge in [0.1, 0.15) is 0 Å². The predicted octanol–water partition coefficient (Wildman–Crippen LogP) is 1.45. The molecule has 0 aromatic heterocycles. The van der Waals surface area contributed by atoms with Crippen molar-refractivity contribution in [3.63, 3.8) is 0 Å². The Labute approximate surface area is 92.3 Å². The van der Waals surface area contributed by atoms with Crippen molar-refractivity contribution in [3.8, 4) is 11.5 Å². The lowest BCUT2D eigenvalue weighted by atomic mass is 10.1. The number of carboxylic acids is 1. The van der Waals surface area contributed by atoms with E-state index in [9.17, 15) is 14.7 Å². The summed E-state index contributed by atoms with van der Waals surface area (Å²) >= 11 is 0. The molecule has 0 saturated carbocycles. The summed E-state index contributed by atoms with van der Waals surface area (Å²) in [4.78, 5) is 22.0. The predicted molar refractivity (Wildman–Crippen MR) is 55.9 cm³/mol. The van der Waals surface area contributed by atoms with Gasteiger partial charge in [-0.1, -0.05) is 6.07 Å². The molecular formula is C11H12O5. The molecule has 16 heavy (non-hydrogen) atoms. The van der Waals surface area contributed by atoms with Gasteiger partial charge in [0.15, 0.2) is 17.3 Å². The average molecular weight is 224 g/mol. The molecule has 86 valence electrons. The van der Waals surface area contributed by atoms with Crippen LogP contribution in [0.1, 0.15) is 23.2 Å². The summed E-state index contributed by atoms with van der Waals surface area (Å²) in [5, 5.41) is 17.9. The average Bonchev–Trinajstić information content (AvgIpc) is 2.25. The third kappa shape index (κ3) is 2.73. The van der Waals surface area contributed by atoms with Crippen LogP contribution in [0, 0.1) is 0 Å². The van der Waals surface area contributed by atoms with E-state index in [0.29, 0.717) is 0 Å². The number of phenols is 1. The van der Waals surface area contributed by atoms with E-state index in [1.54, 1.807) is 0 Å². The molecule has 1 aromatic rings. The van der Waals surface area contributed by atoms with Crippen LogP contribution in [0.4, 0.5) is 0 Å². The smallest absolute Gasteiger partial charge is 0.303 e. The number of phenolic OH excluding ortho intramolecular Hbond substituents is 1. The third-order valence-corrected chi connectivity index (χ3v) is 2.06. The van der Waals surface area contributed by atoms with Crippen molar-refractivity contribution in [2.75, 3.05) is 7.11 Å². The maximum absolute atomic E-state index is 11.6. The fraction of sp³-hybridized carbons (Fsp3) is 0.273. The number of rotatable bonds is 5. The third-order valence-electron chi connectivity index (χ3n) is 2.06. The van der Waals surface area contributed by atoms with E-state index in [1.165, 1.54) is 25.3 Å². The number of benzene rings is 1. The van der Waals surface area contributed by atoms with E-state index < -0.39 is 5.97 Å². The Morgan fingerprint density at radius 3 is 2.56 bits per heavy atom. The first-order valence-electron chi connectivity index (χ1n) is 4.67. The summed E-state index contributed by atoms with van der Waals surface area (Å²) in [6.45, 7) is 0. The van der Waals surface area contributed by atoms with Gasteiger partial charge in [0, 0.05) is 6.42 Å². The quantitative estimate of drug-likeness (QED) is 0.739. The van der Waals surface area contributed by atoms with Crippen molar-refractivity contribution in [1.29, 1.82) is 0 Å². The SMILES string of the molecule is COc1c(O)cccc1C(=O)CCC(=O)O. The number of ketones is 1. The number of aromatic hydroxyl groups is 1. The summed E-state index contributed by atoms with van der Waals surface area (Å²) in [7, 11) is 1.34. The molecule has 1 aromatic carbocycles. The molecule has 0 bridgehead atoms. The molecule has 0 saturated heterocycles. The van der Waals surface area contributed by atoms with Gasteiger partial charge >= 0.3 is 5.97 Å². The Bertz CT molecular complexity index is 411. The first kappa shape index (κ1) is 12.0. The summed E-state index contributed by atoms with van der Waals surface area (Å²) in [6, 6.07) is 4.39. The number of carbonyl (C=O) groups excluding carboxylic acids is 1. The molecule has 2 N–H and O–H groups in total. The number of para-hydroxylation sites is 1. The Hall–Kier alpha value is -2.04. The van der Waals surface area contributed by atoms with Gasteiger partial charge in [-0.3, -0.25) is 9.59 Å². The zero-order chi connectivity index (χ0) is 12.1. The molecule has 0 atom stereocenters. The van der Waals surface area contributed by atoms with Crippen LogP contribution in [-0.2, 0) is 4.79 Å². The van der Waals surface area contributed by atoms with Crippen LogP contribution in [0.2, 0.25) is 0 Å². The Morgan fingerprint density at radius 1 is 1.31 bits per heavy atom. The largest absolute Gasteiger partial charge is 0.504 e. The van der Waals surface area contributed by atoms with Crippen molar-refractivity contribution in [2.45, 2.75) is 12.8 Å². The molecule has 0 amide bonds. The zero-order valence-electron chi connectivity index (χ0n) is 8.77. The highest BCUT2D eigenvalue weighted by atomic mass is 16.5. The second kappa shape index (κ2) is 5.16. The Morgan fingerprint density at radius 2 is 2.00 bits per heavy atom. The molecule has 0 unspecified atom stereocenters. The fourth-order valence-corrected chi connectivity index (χ4v) is 1.31.